The van der Waals surface area contributed by atoms with Crippen molar-refractivity contribution in [2.75, 3.05) is 5.33 Å². The van der Waals surface area contributed by atoms with Gasteiger partial charge in [0.1, 0.15) is 0 Å². The lowest BCUT2D eigenvalue weighted by atomic mass is 10.1. The molecule has 0 aromatic heterocycles. The van der Waals surface area contributed by atoms with E-state index in [2.05, 4.69) is 20.7 Å². The van der Waals surface area contributed by atoms with Gasteiger partial charge in [0.2, 0.25) is 10.0 Å². The number of benzene rings is 1. The minimum absolute atomic E-state index is 0.236. The number of hydrogen-bond acceptors (Lipinski definition) is 2. The van der Waals surface area contributed by atoms with Crippen molar-refractivity contribution in [1.29, 1.82) is 0 Å². The number of sulfonamides is 1. The lowest BCUT2D eigenvalue weighted by Gasteiger charge is -2.24. The molecule has 1 aromatic rings. The van der Waals surface area contributed by atoms with Gasteiger partial charge >= 0.3 is 0 Å². The molecule has 3 nitrogen and oxygen atoms in total. The van der Waals surface area contributed by atoms with Crippen molar-refractivity contribution >= 4 is 26.0 Å². The van der Waals surface area contributed by atoms with Crippen LogP contribution < -0.4 is 4.72 Å². The molecule has 1 N–H and O–H groups in total. The summed E-state index contributed by atoms with van der Waals surface area (Å²) in [4.78, 5) is 0. The summed E-state index contributed by atoms with van der Waals surface area (Å²) >= 11 is 3.35. The second kappa shape index (κ2) is 5.50. The maximum atomic E-state index is 12.1. The molecule has 0 aliphatic rings. The van der Waals surface area contributed by atoms with E-state index in [9.17, 15) is 8.42 Å². The number of alkyl halides is 1. The van der Waals surface area contributed by atoms with Crippen molar-refractivity contribution in [2.24, 2.45) is 0 Å². The van der Waals surface area contributed by atoms with E-state index in [0.29, 0.717) is 5.33 Å². The zero-order chi connectivity index (χ0) is 13.1. The number of nitrogens with one attached hydrogen (secondary N) is 1. The third-order valence-electron chi connectivity index (χ3n) is 2.46. The fourth-order valence-corrected chi connectivity index (χ4v) is 2.94. The smallest absolute Gasteiger partial charge is 0.212 e. The van der Waals surface area contributed by atoms with E-state index in [-0.39, 0.29) is 6.04 Å². The third-order valence-corrected chi connectivity index (χ3v) is 5.31. The van der Waals surface area contributed by atoms with Crippen molar-refractivity contribution in [3.63, 3.8) is 0 Å². The Morgan fingerprint density at radius 1 is 1.24 bits per heavy atom. The van der Waals surface area contributed by atoms with Crippen LogP contribution in [-0.4, -0.2) is 18.5 Å². The van der Waals surface area contributed by atoms with E-state index in [4.69, 9.17) is 0 Å². The molecule has 96 valence electrons. The van der Waals surface area contributed by atoms with Gasteiger partial charge in [0.15, 0.2) is 0 Å². The van der Waals surface area contributed by atoms with Gasteiger partial charge in [-0.25, -0.2) is 13.1 Å². The van der Waals surface area contributed by atoms with Gasteiger partial charge in [0.25, 0.3) is 0 Å². The second-order valence-electron chi connectivity index (χ2n) is 4.85. The van der Waals surface area contributed by atoms with Crippen LogP contribution in [0.1, 0.15) is 32.4 Å². The first kappa shape index (κ1) is 14.7. The molecule has 1 aromatic carbocycles. The van der Waals surface area contributed by atoms with E-state index in [1.807, 2.05) is 30.3 Å². The number of halogens is 1. The summed E-state index contributed by atoms with van der Waals surface area (Å²) in [7, 11) is -3.34. The summed E-state index contributed by atoms with van der Waals surface area (Å²) in [6, 6.07) is 9.30. The maximum absolute atomic E-state index is 12.1. The largest absolute Gasteiger partial charge is 0.217 e. The Labute approximate surface area is 112 Å². The van der Waals surface area contributed by atoms with Gasteiger partial charge in [0, 0.05) is 5.33 Å². The Morgan fingerprint density at radius 3 is 2.18 bits per heavy atom. The predicted molar refractivity (Wildman–Crippen MR) is 74.8 cm³/mol. The van der Waals surface area contributed by atoms with Crippen LogP contribution in [0.4, 0.5) is 0 Å². The second-order valence-corrected chi connectivity index (χ2v) is 7.97. The molecule has 0 heterocycles. The van der Waals surface area contributed by atoms with Crippen LogP contribution in [-0.2, 0) is 10.0 Å². The molecule has 0 radical (unpaired) electrons. The monoisotopic (exact) mass is 319 g/mol. The van der Waals surface area contributed by atoms with Gasteiger partial charge < -0.3 is 0 Å². The summed E-state index contributed by atoms with van der Waals surface area (Å²) in [5.41, 5.74) is 0.956. The van der Waals surface area contributed by atoms with Crippen LogP contribution in [0.25, 0.3) is 0 Å². The van der Waals surface area contributed by atoms with Crippen LogP contribution in [0, 0.1) is 0 Å². The topological polar surface area (TPSA) is 46.2 Å². The summed E-state index contributed by atoms with van der Waals surface area (Å²) in [5.74, 6) is 0. The molecule has 0 aliphatic carbocycles. The zero-order valence-electron chi connectivity index (χ0n) is 10.3. The third kappa shape index (κ3) is 3.79. The molecular weight excluding hydrogens is 302 g/mol. The highest BCUT2D eigenvalue weighted by Crippen LogP contribution is 2.21. The molecule has 1 unspecified atom stereocenters. The quantitative estimate of drug-likeness (QED) is 0.867. The SMILES string of the molecule is CC(C)(C)S(=O)(=O)NC(CBr)c1ccccc1. The Morgan fingerprint density at radius 2 is 1.76 bits per heavy atom. The van der Waals surface area contributed by atoms with Crippen molar-refractivity contribution in [3.05, 3.63) is 35.9 Å². The molecule has 1 atom stereocenters. The molecule has 17 heavy (non-hydrogen) atoms. The van der Waals surface area contributed by atoms with Crippen LogP contribution >= 0.6 is 15.9 Å². The molecule has 0 saturated heterocycles. The average molecular weight is 320 g/mol. The fourth-order valence-electron chi connectivity index (χ4n) is 1.24. The number of hydrogen-bond donors (Lipinski definition) is 1. The Kier molecular flexibility index (Phi) is 4.75. The Bertz CT molecular complexity index is 451. The highest BCUT2D eigenvalue weighted by atomic mass is 79.9. The van der Waals surface area contributed by atoms with Gasteiger partial charge in [-0.15, -0.1) is 0 Å². The predicted octanol–water partition coefficient (Wildman–Crippen LogP) is 2.84. The van der Waals surface area contributed by atoms with Crippen molar-refractivity contribution in [1.82, 2.24) is 4.72 Å². The molecule has 0 amide bonds. The lowest BCUT2D eigenvalue weighted by molar-refractivity contribution is 0.533. The molecule has 5 heteroatoms. The maximum Gasteiger partial charge on any atom is 0.217 e. The molecule has 0 bridgehead atoms. The normalized spacial score (nSPS) is 14.6. The first-order valence-electron chi connectivity index (χ1n) is 5.41. The lowest BCUT2D eigenvalue weighted by Crippen LogP contribution is -2.41. The summed E-state index contributed by atoms with van der Waals surface area (Å²) < 4.78 is 26.0. The summed E-state index contributed by atoms with van der Waals surface area (Å²) in [6.07, 6.45) is 0. The zero-order valence-corrected chi connectivity index (χ0v) is 12.7. The van der Waals surface area contributed by atoms with Gasteiger partial charge in [-0.05, 0) is 26.3 Å². The Balaban J connectivity index is 2.94. The van der Waals surface area contributed by atoms with Crippen LogP contribution in [0.2, 0.25) is 0 Å². The average Bonchev–Trinajstić information content (AvgIpc) is 2.25. The standard InChI is InChI=1S/C12H18BrNO2S/c1-12(2,3)17(15,16)14-11(9-13)10-7-5-4-6-8-10/h4-8,11,14H,9H2,1-3H3. The van der Waals surface area contributed by atoms with Crippen LogP contribution in [0.3, 0.4) is 0 Å². The fraction of sp³-hybridized carbons (Fsp3) is 0.500. The minimum Gasteiger partial charge on any atom is -0.212 e. The molecule has 1 rings (SSSR count). The van der Waals surface area contributed by atoms with Gasteiger partial charge in [0.05, 0.1) is 10.8 Å². The van der Waals surface area contributed by atoms with Crippen molar-refractivity contribution in [2.45, 2.75) is 31.6 Å². The van der Waals surface area contributed by atoms with Crippen molar-refractivity contribution in [3.8, 4) is 0 Å². The highest BCUT2D eigenvalue weighted by Gasteiger charge is 2.31. The summed E-state index contributed by atoms with van der Waals surface area (Å²) in [5, 5.41) is 0.548. The van der Waals surface area contributed by atoms with E-state index in [0.717, 1.165) is 5.56 Å². The van der Waals surface area contributed by atoms with E-state index in [1.165, 1.54) is 0 Å². The van der Waals surface area contributed by atoms with Crippen molar-refractivity contribution < 1.29 is 8.42 Å². The Hall–Kier alpha value is -0.390. The van der Waals surface area contributed by atoms with E-state index in [1.54, 1.807) is 20.8 Å². The molecule has 0 aliphatic heterocycles. The highest BCUT2D eigenvalue weighted by molar-refractivity contribution is 9.09. The van der Waals surface area contributed by atoms with E-state index < -0.39 is 14.8 Å². The molecule has 0 spiro atoms. The van der Waals surface area contributed by atoms with E-state index >= 15 is 0 Å². The minimum atomic E-state index is -3.34. The number of rotatable bonds is 4. The summed E-state index contributed by atoms with van der Waals surface area (Å²) in [6.45, 7) is 5.06. The van der Waals surface area contributed by atoms with Gasteiger partial charge in [-0.3, -0.25) is 0 Å². The molecule has 0 saturated carbocycles. The van der Waals surface area contributed by atoms with Gasteiger partial charge in [-0.2, -0.15) is 0 Å². The molecule has 0 fully saturated rings. The van der Waals surface area contributed by atoms with Crippen LogP contribution in [0.5, 0.6) is 0 Å². The van der Waals surface area contributed by atoms with Gasteiger partial charge in [-0.1, -0.05) is 46.3 Å². The molecular formula is C12H18BrNO2S. The first-order chi connectivity index (χ1) is 7.78. The van der Waals surface area contributed by atoms with Crippen LogP contribution in [0.15, 0.2) is 30.3 Å². The first-order valence-corrected chi connectivity index (χ1v) is 8.01.